The van der Waals surface area contributed by atoms with Crippen LogP contribution in [0.5, 0.6) is 0 Å². The van der Waals surface area contributed by atoms with Crippen molar-refractivity contribution >= 4 is 24.9 Å². The summed E-state index contributed by atoms with van der Waals surface area (Å²) in [6.45, 7) is 6.04. The maximum atomic E-state index is 7.28. The first-order chi connectivity index (χ1) is 5.74. The van der Waals surface area contributed by atoms with Crippen LogP contribution in [0.15, 0.2) is 23.8 Å². The molecule has 0 saturated carbocycles. The molecule has 0 bridgehead atoms. The van der Waals surface area contributed by atoms with Crippen molar-refractivity contribution < 1.29 is 0 Å². The highest BCUT2D eigenvalue weighted by molar-refractivity contribution is 7.59. The monoisotopic (exact) mass is 198 g/mol. The van der Waals surface area contributed by atoms with Gasteiger partial charge in [-0.25, -0.2) is 0 Å². The molecule has 1 aliphatic rings. The Morgan fingerprint density at radius 1 is 1.08 bits per heavy atom. The largest absolute Gasteiger partial charge is 0.299 e. The van der Waals surface area contributed by atoms with E-state index in [-0.39, 0.29) is 13.5 Å². The van der Waals surface area contributed by atoms with E-state index in [9.17, 15) is 0 Å². The molecule has 0 aromatic carbocycles. The first kappa shape index (κ1) is 14.7. The summed E-state index contributed by atoms with van der Waals surface area (Å²) in [4.78, 5) is 0. The predicted molar refractivity (Wildman–Crippen MR) is 64.7 cm³/mol. The van der Waals surface area contributed by atoms with Crippen LogP contribution in [0.4, 0.5) is 0 Å². The average molecular weight is 198 g/mol. The van der Waals surface area contributed by atoms with E-state index in [1.165, 1.54) is 0 Å². The first-order valence-electron chi connectivity index (χ1n) is 4.30. The van der Waals surface area contributed by atoms with Gasteiger partial charge in [-0.3, -0.25) is 10.8 Å². The average Bonchev–Trinajstić information content (AvgIpc) is 2.13. The van der Waals surface area contributed by atoms with E-state index in [0.29, 0.717) is 11.4 Å². The van der Waals surface area contributed by atoms with E-state index in [1.807, 2.05) is 26.8 Å². The van der Waals surface area contributed by atoms with Crippen molar-refractivity contribution in [2.24, 2.45) is 0 Å². The van der Waals surface area contributed by atoms with Crippen molar-refractivity contribution in [1.29, 1.82) is 10.8 Å². The Morgan fingerprint density at radius 3 is 2.00 bits per heavy atom. The zero-order valence-electron chi connectivity index (χ0n) is 8.44. The maximum absolute atomic E-state index is 7.28. The van der Waals surface area contributed by atoms with Crippen LogP contribution in [0.1, 0.15) is 27.2 Å². The molecular weight excluding hydrogens is 180 g/mol. The topological polar surface area (TPSA) is 47.7 Å². The van der Waals surface area contributed by atoms with Gasteiger partial charge in [-0.1, -0.05) is 26.8 Å². The highest BCUT2D eigenvalue weighted by Gasteiger charge is 2.03. The SMILES string of the molecule is CC.CCC1=CC(=N)C(=N)C=C1.S. The molecule has 74 valence electrons. The number of hydrogen-bond acceptors (Lipinski definition) is 2. The molecule has 1 aliphatic carbocycles. The summed E-state index contributed by atoms with van der Waals surface area (Å²) in [5.74, 6) is 0. The van der Waals surface area contributed by atoms with Gasteiger partial charge in [-0.15, -0.1) is 0 Å². The van der Waals surface area contributed by atoms with Gasteiger partial charge in [0, 0.05) is 0 Å². The van der Waals surface area contributed by atoms with E-state index < -0.39 is 0 Å². The summed E-state index contributed by atoms with van der Waals surface area (Å²) < 4.78 is 0. The van der Waals surface area contributed by atoms with Gasteiger partial charge in [0.2, 0.25) is 0 Å². The summed E-state index contributed by atoms with van der Waals surface area (Å²) >= 11 is 0. The zero-order chi connectivity index (χ0) is 9.56. The molecule has 0 amide bonds. The molecule has 0 fully saturated rings. The van der Waals surface area contributed by atoms with Crippen LogP contribution >= 0.6 is 13.5 Å². The minimum Gasteiger partial charge on any atom is -0.299 e. The molecular formula is C10H18N2S. The van der Waals surface area contributed by atoms with Crippen LogP contribution in [0, 0.1) is 10.8 Å². The molecule has 1 rings (SSSR count). The van der Waals surface area contributed by atoms with E-state index in [0.717, 1.165) is 12.0 Å². The quantitative estimate of drug-likeness (QED) is 0.608. The maximum Gasteiger partial charge on any atom is 0.0791 e. The zero-order valence-corrected chi connectivity index (χ0v) is 9.44. The molecule has 2 N–H and O–H groups in total. The smallest absolute Gasteiger partial charge is 0.0791 e. The molecule has 3 heteroatoms. The lowest BCUT2D eigenvalue weighted by atomic mass is 10.0. The molecule has 0 aromatic rings. The summed E-state index contributed by atoms with van der Waals surface area (Å²) in [6, 6.07) is 0. The van der Waals surface area contributed by atoms with E-state index >= 15 is 0 Å². The van der Waals surface area contributed by atoms with Crippen molar-refractivity contribution in [1.82, 2.24) is 0 Å². The normalized spacial score (nSPS) is 13.9. The molecule has 0 aromatic heterocycles. The van der Waals surface area contributed by atoms with E-state index in [1.54, 1.807) is 12.2 Å². The van der Waals surface area contributed by atoms with Crippen LogP contribution in [0.3, 0.4) is 0 Å². The van der Waals surface area contributed by atoms with Gasteiger partial charge < -0.3 is 0 Å². The second-order valence-corrected chi connectivity index (χ2v) is 2.23. The number of nitrogens with one attached hydrogen (secondary N) is 2. The molecule has 0 atom stereocenters. The van der Waals surface area contributed by atoms with Crippen molar-refractivity contribution in [3.8, 4) is 0 Å². The van der Waals surface area contributed by atoms with Crippen LogP contribution in [0.2, 0.25) is 0 Å². The Kier molecular flexibility index (Phi) is 8.81. The van der Waals surface area contributed by atoms with Crippen molar-refractivity contribution in [3.05, 3.63) is 23.8 Å². The Labute approximate surface area is 87.2 Å². The Bertz CT molecular complexity index is 239. The molecule has 0 heterocycles. The van der Waals surface area contributed by atoms with E-state index in [4.69, 9.17) is 10.8 Å². The number of rotatable bonds is 1. The third kappa shape index (κ3) is 4.68. The fraction of sp³-hybridized carbons (Fsp3) is 0.400. The van der Waals surface area contributed by atoms with Crippen LogP contribution < -0.4 is 0 Å². The standard InChI is InChI=1S/C8H10N2.C2H6.H2S/c1-2-6-3-4-7(9)8(10)5-6;1-2;/h3-5,9-10H,2H2,1H3;1-2H3;1H2. The second kappa shape index (κ2) is 7.80. The number of hydrogen-bond donors (Lipinski definition) is 2. The van der Waals surface area contributed by atoms with Gasteiger partial charge in [-0.2, -0.15) is 13.5 Å². The Balaban J connectivity index is 0. The molecule has 13 heavy (non-hydrogen) atoms. The lowest BCUT2D eigenvalue weighted by Gasteiger charge is -2.04. The summed E-state index contributed by atoms with van der Waals surface area (Å²) in [5, 5.41) is 14.5. The minimum atomic E-state index is 0. The lowest BCUT2D eigenvalue weighted by Crippen LogP contribution is -2.09. The molecule has 0 radical (unpaired) electrons. The van der Waals surface area contributed by atoms with Crippen molar-refractivity contribution in [3.63, 3.8) is 0 Å². The predicted octanol–water partition coefficient (Wildman–Crippen LogP) is 3.07. The van der Waals surface area contributed by atoms with Crippen LogP contribution in [0.25, 0.3) is 0 Å². The van der Waals surface area contributed by atoms with E-state index in [2.05, 4.69) is 0 Å². The van der Waals surface area contributed by atoms with Gasteiger partial charge in [0.1, 0.15) is 0 Å². The summed E-state index contributed by atoms with van der Waals surface area (Å²) in [5.41, 5.74) is 1.75. The molecule has 0 spiro atoms. The fourth-order valence-corrected chi connectivity index (χ4v) is 0.811. The first-order valence-corrected chi connectivity index (χ1v) is 4.30. The highest BCUT2D eigenvalue weighted by atomic mass is 32.1. The second-order valence-electron chi connectivity index (χ2n) is 2.23. The molecule has 0 saturated heterocycles. The van der Waals surface area contributed by atoms with Gasteiger partial charge in [0.25, 0.3) is 0 Å². The third-order valence-corrected chi connectivity index (χ3v) is 1.49. The Hall–Kier alpha value is -0.830. The minimum absolute atomic E-state index is 0. The molecule has 2 nitrogen and oxygen atoms in total. The highest BCUT2D eigenvalue weighted by Crippen LogP contribution is 2.07. The Morgan fingerprint density at radius 2 is 1.62 bits per heavy atom. The van der Waals surface area contributed by atoms with Crippen molar-refractivity contribution in [2.45, 2.75) is 27.2 Å². The van der Waals surface area contributed by atoms with Crippen LogP contribution in [-0.2, 0) is 0 Å². The van der Waals surface area contributed by atoms with Gasteiger partial charge >= 0.3 is 0 Å². The summed E-state index contributed by atoms with van der Waals surface area (Å²) in [6.07, 6.45) is 6.23. The lowest BCUT2D eigenvalue weighted by molar-refractivity contribution is 1.15. The van der Waals surface area contributed by atoms with Crippen LogP contribution in [-0.4, -0.2) is 11.4 Å². The van der Waals surface area contributed by atoms with Gasteiger partial charge in [-0.05, 0) is 24.1 Å². The van der Waals surface area contributed by atoms with Crippen molar-refractivity contribution in [2.75, 3.05) is 0 Å². The van der Waals surface area contributed by atoms with Gasteiger partial charge in [0.15, 0.2) is 0 Å². The third-order valence-electron chi connectivity index (χ3n) is 1.49. The van der Waals surface area contributed by atoms with Gasteiger partial charge in [0.05, 0.1) is 11.4 Å². The number of allylic oxidation sites excluding steroid dienone is 4. The molecule has 0 unspecified atom stereocenters. The fourth-order valence-electron chi connectivity index (χ4n) is 0.811. The molecule has 0 aliphatic heterocycles. The summed E-state index contributed by atoms with van der Waals surface area (Å²) in [7, 11) is 0.